The minimum atomic E-state index is -0.747. The monoisotopic (exact) mass is 506 g/mol. The normalized spacial score (nSPS) is 18.2. The molecular formula is C28H34N4O3S. The van der Waals surface area contributed by atoms with Crippen LogP contribution >= 0.6 is 11.3 Å². The van der Waals surface area contributed by atoms with Crippen LogP contribution in [0.15, 0.2) is 48.5 Å². The third kappa shape index (κ3) is 4.72. The standard InChI is InChI=1S/C28H34N4O3S/c1-20(2)18-31-26(33)28(32(27(31)34)15-12-21-8-10-22(35-3)11-9-21)13-16-30(17-14-28)19-25-29-23-6-4-5-7-24(23)36-25/h4-11,20H,12-19H2,1-3H3. The highest BCUT2D eigenvalue weighted by molar-refractivity contribution is 7.18. The highest BCUT2D eigenvalue weighted by Crippen LogP contribution is 2.38. The van der Waals surface area contributed by atoms with Crippen molar-refractivity contribution in [1.29, 1.82) is 0 Å². The molecule has 36 heavy (non-hydrogen) atoms. The van der Waals surface area contributed by atoms with Crippen LogP contribution in [0.3, 0.4) is 0 Å². The van der Waals surface area contributed by atoms with Crippen LogP contribution in [-0.4, -0.2) is 70.4 Å². The van der Waals surface area contributed by atoms with Crippen LogP contribution in [0.5, 0.6) is 5.75 Å². The number of amides is 3. The van der Waals surface area contributed by atoms with Gasteiger partial charge in [-0.1, -0.05) is 38.1 Å². The Balaban J connectivity index is 1.31. The molecule has 1 aromatic heterocycles. The number of rotatable bonds is 8. The molecular weight excluding hydrogens is 472 g/mol. The predicted molar refractivity (Wildman–Crippen MR) is 142 cm³/mol. The molecule has 2 fully saturated rings. The molecule has 0 bridgehead atoms. The Kier molecular flexibility index (Phi) is 6.99. The van der Waals surface area contributed by atoms with Crippen molar-refractivity contribution in [3.05, 3.63) is 59.1 Å². The zero-order chi connectivity index (χ0) is 25.3. The summed E-state index contributed by atoms with van der Waals surface area (Å²) in [4.78, 5) is 37.8. The van der Waals surface area contributed by atoms with Crippen LogP contribution < -0.4 is 4.74 Å². The van der Waals surface area contributed by atoms with Crippen molar-refractivity contribution in [2.24, 2.45) is 5.92 Å². The third-order valence-electron chi connectivity index (χ3n) is 7.33. The first-order chi connectivity index (χ1) is 17.4. The lowest BCUT2D eigenvalue weighted by Crippen LogP contribution is -2.56. The van der Waals surface area contributed by atoms with E-state index in [1.165, 1.54) is 9.60 Å². The molecule has 8 heteroatoms. The second-order valence-electron chi connectivity index (χ2n) is 10.2. The number of aromatic nitrogens is 1. The number of para-hydroxylation sites is 1. The van der Waals surface area contributed by atoms with Crippen LogP contribution in [0.25, 0.3) is 10.2 Å². The number of urea groups is 1. The summed E-state index contributed by atoms with van der Waals surface area (Å²) < 4.78 is 6.47. The molecule has 2 aliphatic heterocycles. The van der Waals surface area contributed by atoms with Gasteiger partial charge in [0.25, 0.3) is 5.91 Å². The highest BCUT2D eigenvalue weighted by atomic mass is 32.1. The minimum absolute atomic E-state index is 0.0180. The molecule has 5 rings (SSSR count). The molecule has 0 unspecified atom stereocenters. The van der Waals surface area contributed by atoms with Crippen LogP contribution in [0.4, 0.5) is 4.79 Å². The topological polar surface area (TPSA) is 66.0 Å². The summed E-state index contributed by atoms with van der Waals surface area (Å²) >= 11 is 1.73. The fourth-order valence-corrected chi connectivity index (χ4v) is 6.40. The molecule has 1 spiro atoms. The fraction of sp³-hybridized carbons (Fsp3) is 0.464. The number of nitrogens with zero attached hydrogens (tertiary/aromatic N) is 4. The number of hydrogen-bond acceptors (Lipinski definition) is 6. The zero-order valence-electron chi connectivity index (χ0n) is 21.3. The van der Waals surface area contributed by atoms with E-state index in [4.69, 9.17) is 9.72 Å². The van der Waals surface area contributed by atoms with Gasteiger partial charge in [-0.2, -0.15) is 0 Å². The molecule has 190 valence electrons. The molecule has 0 aliphatic carbocycles. The number of carbonyl (C=O) groups excluding carboxylic acids is 2. The van der Waals surface area contributed by atoms with E-state index < -0.39 is 5.54 Å². The number of benzene rings is 2. The number of hydrogen-bond donors (Lipinski definition) is 0. The van der Waals surface area contributed by atoms with E-state index in [1.54, 1.807) is 18.4 Å². The van der Waals surface area contributed by atoms with Gasteiger partial charge < -0.3 is 9.64 Å². The molecule has 3 amide bonds. The number of ether oxygens (including phenoxy) is 1. The van der Waals surface area contributed by atoms with E-state index in [2.05, 4.69) is 11.0 Å². The summed E-state index contributed by atoms with van der Waals surface area (Å²) in [6, 6.07) is 16.0. The number of fused-ring (bicyclic) bond motifs is 1. The average molecular weight is 507 g/mol. The van der Waals surface area contributed by atoms with E-state index in [0.29, 0.717) is 32.4 Å². The van der Waals surface area contributed by atoms with Crippen molar-refractivity contribution in [3.63, 3.8) is 0 Å². The summed E-state index contributed by atoms with van der Waals surface area (Å²) in [5, 5.41) is 1.10. The Labute approximate surface area is 216 Å². The molecule has 7 nitrogen and oxygen atoms in total. The minimum Gasteiger partial charge on any atom is -0.497 e. The lowest BCUT2D eigenvalue weighted by atomic mass is 9.85. The lowest BCUT2D eigenvalue weighted by Gasteiger charge is -2.42. The molecule has 3 aromatic rings. The second kappa shape index (κ2) is 10.2. The summed E-state index contributed by atoms with van der Waals surface area (Å²) in [7, 11) is 1.65. The molecule has 0 N–H and O–H groups in total. The number of methoxy groups -OCH3 is 1. The van der Waals surface area contributed by atoms with Gasteiger partial charge in [0.1, 0.15) is 16.3 Å². The van der Waals surface area contributed by atoms with Crippen molar-refractivity contribution < 1.29 is 14.3 Å². The van der Waals surface area contributed by atoms with E-state index in [-0.39, 0.29) is 17.9 Å². The van der Waals surface area contributed by atoms with Crippen molar-refractivity contribution in [2.75, 3.05) is 33.3 Å². The van der Waals surface area contributed by atoms with Gasteiger partial charge in [0, 0.05) is 26.2 Å². The number of piperidine rings is 1. The summed E-state index contributed by atoms with van der Waals surface area (Å²) in [5.74, 6) is 1.03. The van der Waals surface area contributed by atoms with Crippen LogP contribution in [0, 0.1) is 5.92 Å². The molecule has 2 aromatic carbocycles. The van der Waals surface area contributed by atoms with Crippen LogP contribution in [0.2, 0.25) is 0 Å². The van der Waals surface area contributed by atoms with Gasteiger partial charge in [-0.3, -0.25) is 14.6 Å². The molecule has 3 heterocycles. The first-order valence-electron chi connectivity index (χ1n) is 12.7. The maximum Gasteiger partial charge on any atom is 0.327 e. The first-order valence-corrected chi connectivity index (χ1v) is 13.5. The van der Waals surface area contributed by atoms with Crippen molar-refractivity contribution >= 4 is 33.5 Å². The molecule has 0 saturated carbocycles. The Morgan fingerprint density at radius 3 is 2.44 bits per heavy atom. The Hall–Kier alpha value is -2.97. The largest absolute Gasteiger partial charge is 0.497 e. The lowest BCUT2D eigenvalue weighted by molar-refractivity contribution is -0.136. The van der Waals surface area contributed by atoms with Gasteiger partial charge in [-0.25, -0.2) is 9.78 Å². The van der Waals surface area contributed by atoms with E-state index >= 15 is 0 Å². The number of carbonyl (C=O) groups is 2. The van der Waals surface area contributed by atoms with Crippen molar-refractivity contribution in [2.45, 2.75) is 45.2 Å². The Bertz CT molecular complexity index is 1200. The van der Waals surface area contributed by atoms with Crippen molar-refractivity contribution in [1.82, 2.24) is 19.7 Å². The molecule has 2 aliphatic rings. The molecule has 0 radical (unpaired) electrons. The number of imide groups is 1. The molecule has 2 saturated heterocycles. The van der Waals surface area contributed by atoms with E-state index in [9.17, 15) is 9.59 Å². The van der Waals surface area contributed by atoms with Crippen molar-refractivity contribution in [3.8, 4) is 5.75 Å². The third-order valence-corrected chi connectivity index (χ3v) is 8.35. The Morgan fingerprint density at radius 2 is 1.78 bits per heavy atom. The summed E-state index contributed by atoms with van der Waals surface area (Å²) in [6.45, 7) is 7.41. The van der Waals surface area contributed by atoms with Gasteiger partial charge >= 0.3 is 6.03 Å². The fourth-order valence-electron chi connectivity index (χ4n) is 5.39. The van der Waals surface area contributed by atoms with Gasteiger partial charge in [0.05, 0.1) is 23.9 Å². The van der Waals surface area contributed by atoms with Gasteiger partial charge in [-0.05, 0) is 55.0 Å². The Morgan fingerprint density at radius 1 is 1.06 bits per heavy atom. The number of likely N-dealkylation sites (tertiary alicyclic amines) is 1. The van der Waals surface area contributed by atoms with Gasteiger partial charge in [0.2, 0.25) is 0 Å². The smallest absolute Gasteiger partial charge is 0.327 e. The first kappa shape index (κ1) is 24.7. The maximum absolute atomic E-state index is 13.7. The summed E-state index contributed by atoms with van der Waals surface area (Å²) in [6.07, 6.45) is 2.01. The van der Waals surface area contributed by atoms with E-state index in [1.807, 2.05) is 61.2 Å². The SMILES string of the molecule is COc1ccc(CCN2C(=O)N(CC(C)C)C(=O)C23CCN(Cc2nc4ccccc4s2)CC3)cc1. The zero-order valence-corrected chi connectivity index (χ0v) is 22.1. The maximum atomic E-state index is 13.7. The van der Waals surface area contributed by atoms with Crippen LogP contribution in [0.1, 0.15) is 37.3 Å². The highest BCUT2D eigenvalue weighted by Gasteiger charge is 2.57. The number of thiazole rings is 1. The second-order valence-corrected chi connectivity index (χ2v) is 11.3. The van der Waals surface area contributed by atoms with Gasteiger partial charge in [0.15, 0.2) is 0 Å². The van der Waals surface area contributed by atoms with E-state index in [0.717, 1.165) is 41.5 Å². The average Bonchev–Trinajstić information content (AvgIpc) is 3.37. The van der Waals surface area contributed by atoms with Crippen LogP contribution in [-0.2, 0) is 17.8 Å². The summed E-state index contributed by atoms with van der Waals surface area (Å²) in [5.41, 5.74) is 1.42. The molecule has 0 atom stereocenters. The predicted octanol–water partition coefficient (Wildman–Crippen LogP) is 4.80. The van der Waals surface area contributed by atoms with Gasteiger partial charge in [-0.15, -0.1) is 11.3 Å². The quantitative estimate of drug-likeness (QED) is 0.411.